The molecule has 10 nitrogen and oxygen atoms in total. The van der Waals surface area contributed by atoms with Gasteiger partial charge in [-0.3, -0.25) is 9.59 Å². The molecule has 0 aromatic carbocycles. The molecule has 41 heavy (non-hydrogen) atoms. The second-order valence-electron chi connectivity index (χ2n) is 10.4. The molecular weight excluding hydrogens is 520 g/mol. The van der Waals surface area contributed by atoms with E-state index in [1.165, 1.54) is 7.11 Å². The second kappa shape index (κ2) is 11.6. The monoisotopic (exact) mass is 556 g/mol. The summed E-state index contributed by atoms with van der Waals surface area (Å²) in [6, 6.07) is 9.65. The van der Waals surface area contributed by atoms with Crippen LogP contribution in [-0.4, -0.2) is 67.3 Å². The van der Waals surface area contributed by atoms with Crippen molar-refractivity contribution in [2.45, 2.75) is 26.5 Å². The van der Waals surface area contributed by atoms with Crippen molar-refractivity contribution in [2.24, 2.45) is 0 Å². The number of carbonyl (C=O) groups excluding carboxylic acids is 1. The van der Waals surface area contributed by atoms with Crippen LogP contribution in [0.2, 0.25) is 0 Å². The molecule has 0 radical (unpaired) electrons. The van der Waals surface area contributed by atoms with Gasteiger partial charge in [-0.05, 0) is 60.9 Å². The number of aryl methyl sites for hydroxylation is 1. The van der Waals surface area contributed by atoms with E-state index >= 15 is 0 Å². The van der Waals surface area contributed by atoms with E-state index < -0.39 is 0 Å². The molecule has 10 heteroatoms. The van der Waals surface area contributed by atoms with Crippen molar-refractivity contribution in [3.8, 4) is 16.9 Å². The number of hydrogen-bond acceptors (Lipinski definition) is 7. The summed E-state index contributed by atoms with van der Waals surface area (Å²) in [6.07, 6.45) is 3.55. The van der Waals surface area contributed by atoms with Gasteiger partial charge >= 0.3 is 0 Å². The molecule has 5 heterocycles. The molecule has 0 saturated carbocycles. The van der Waals surface area contributed by atoms with Crippen molar-refractivity contribution in [1.82, 2.24) is 25.0 Å². The van der Waals surface area contributed by atoms with Crippen molar-refractivity contribution in [3.05, 3.63) is 87.7 Å². The molecule has 0 aliphatic carbocycles. The highest BCUT2D eigenvalue weighted by Gasteiger charge is 2.25. The number of aromatic nitrogens is 3. The third-order valence-corrected chi connectivity index (χ3v) is 7.46. The number of anilines is 1. The number of fused-ring (bicyclic) bond motifs is 1. The molecule has 0 bridgehead atoms. The smallest absolute Gasteiger partial charge is 0.256 e. The predicted octanol–water partition coefficient (Wildman–Crippen LogP) is 3.31. The standard InChI is InChI=1S/C31H36N6O4/c1-18-13-26(40-6)24(31(39)35-18)16-34-30(38)23-15-25-22(21-7-9-33-28(14-21)36(4)5)8-11-37(25)29(19(23)2)20(3)27-17-32-10-12-41-27/h7-9,11,13-15,27,32H,3,10,12,16-17H2,1-2,4-6H3,(H,34,38)(H,35,39). The summed E-state index contributed by atoms with van der Waals surface area (Å²) < 4.78 is 13.5. The molecule has 214 valence electrons. The zero-order valence-corrected chi connectivity index (χ0v) is 24.1. The normalized spacial score (nSPS) is 15.1. The summed E-state index contributed by atoms with van der Waals surface area (Å²) in [5.74, 6) is 0.952. The lowest BCUT2D eigenvalue weighted by molar-refractivity contribution is 0.0652. The van der Waals surface area contributed by atoms with E-state index in [0.717, 1.165) is 45.8 Å². The number of nitrogens with one attached hydrogen (secondary N) is 3. The van der Waals surface area contributed by atoms with Crippen molar-refractivity contribution >= 4 is 22.8 Å². The van der Waals surface area contributed by atoms with E-state index in [2.05, 4.69) is 31.6 Å². The van der Waals surface area contributed by atoms with Gasteiger partial charge in [0.15, 0.2) is 0 Å². The lowest BCUT2D eigenvalue weighted by Crippen LogP contribution is -2.39. The molecular formula is C31H36N6O4. The van der Waals surface area contributed by atoms with E-state index in [0.29, 0.717) is 35.7 Å². The molecule has 3 N–H and O–H groups in total. The highest BCUT2D eigenvalue weighted by atomic mass is 16.5. The second-order valence-corrected chi connectivity index (χ2v) is 10.4. The Hall–Kier alpha value is -4.41. The summed E-state index contributed by atoms with van der Waals surface area (Å²) in [4.78, 5) is 35.6. The van der Waals surface area contributed by atoms with Gasteiger partial charge in [0.05, 0.1) is 43.1 Å². The average molecular weight is 557 g/mol. The highest BCUT2D eigenvalue weighted by molar-refractivity contribution is 6.00. The molecule has 4 aromatic rings. The topological polar surface area (TPSA) is 113 Å². The fourth-order valence-electron chi connectivity index (χ4n) is 5.29. The first kappa shape index (κ1) is 28.1. The van der Waals surface area contributed by atoms with Gasteiger partial charge in [0, 0.05) is 56.4 Å². The van der Waals surface area contributed by atoms with Crippen LogP contribution < -0.4 is 25.8 Å². The molecule has 1 aliphatic rings. The van der Waals surface area contributed by atoms with Crippen LogP contribution in [0, 0.1) is 13.8 Å². The molecule has 1 aliphatic heterocycles. The van der Waals surface area contributed by atoms with Gasteiger partial charge in [0.25, 0.3) is 11.5 Å². The first-order valence-electron chi connectivity index (χ1n) is 13.5. The number of carbonyl (C=O) groups is 1. The van der Waals surface area contributed by atoms with Crippen LogP contribution >= 0.6 is 0 Å². The van der Waals surface area contributed by atoms with Crippen molar-refractivity contribution in [1.29, 1.82) is 0 Å². The molecule has 0 spiro atoms. The number of nitrogens with zero attached hydrogens (tertiary/aromatic N) is 3. The number of methoxy groups -OCH3 is 1. The van der Waals surface area contributed by atoms with Gasteiger partial charge < -0.3 is 34.4 Å². The van der Waals surface area contributed by atoms with E-state index in [4.69, 9.17) is 9.47 Å². The lowest BCUT2D eigenvalue weighted by atomic mass is 9.96. The van der Waals surface area contributed by atoms with Gasteiger partial charge in [0.1, 0.15) is 11.6 Å². The Morgan fingerprint density at radius 2 is 2.07 bits per heavy atom. The van der Waals surface area contributed by atoms with E-state index in [-0.39, 0.29) is 24.1 Å². The summed E-state index contributed by atoms with van der Waals surface area (Å²) in [7, 11) is 5.40. The van der Waals surface area contributed by atoms with Crippen LogP contribution in [0.3, 0.4) is 0 Å². The maximum Gasteiger partial charge on any atom is 0.256 e. The molecule has 1 unspecified atom stereocenters. The highest BCUT2D eigenvalue weighted by Crippen LogP contribution is 2.34. The van der Waals surface area contributed by atoms with Crippen LogP contribution in [0.4, 0.5) is 5.82 Å². The number of morpholine rings is 1. The zero-order chi connectivity index (χ0) is 29.3. The van der Waals surface area contributed by atoms with E-state index in [9.17, 15) is 9.59 Å². The summed E-state index contributed by atoms with van der Waals surface area (Å²) in [6.45, 7) is 10.1. The maximum absolute atomic E-state index is 13.8. The molecule has 1 atom stereocenters. The third-order valence-electron chi connectivity index (χ3n) is 7.46. The Labute approximate surface area is 239 Å². The van der Waals surface area contributed by atoms with Gasteiger partial charge in [0.2, 0.25) is 0 Å². The number of pyridine rings is 3. The van der Waals surface area contributed by atoms with Crippen molar-refractivity contribution in [3.63, 3.8) is 0 Å². The molecule has 1 amide bonds. The van der Waals surface area contributed by atoms with Gasteiger partial charge in [-0.25, -0.2) is 4.98 Å². The Morgan fingerprint density at radius 3 is 2.78 bits per heavy atom. The van der Waals surface area contributed by atoms with Crippen molar-refractivity contribution in [2.75, 3.05) is 45.8 Å². The maximum atomic E-state index is 13.8. The van der Waals surface area contributed by atoms with Gasteiger partial charge in [-0.2, -0.15) is 0 Å². The van der Waals surface area contributed by atoms with Crippen LogP contribution in [0.5, 0.6) is 5.75 Å². The minimum Gasteiger partial charge on any atom is -0.496 e. The summed E-state index contributed by atoms with van der Waals surface area (Å²) in [5, 5.41) is 6.31. The minimum absolute atomic E-state index is 0.0125. The molecule has 1 fully saturated rings. The van der Waals surface area contributed by atoms with Crippen molar-refractivity contribution < 1.29 is 14.3 Å². The third kappa shape index (κ3) is 5.48. The van der Waals surface area contributed by atoms with Crippen LogP contribution in [0.15, 0.2) is 54.1 Å². The lowest BCUT2D eigenvalue weighted by Gasteiger charge is -2.27. The Bertz CT molecular complexity index is 1680. The van der Waals surface area contributed by atoms with Crippen LogP contribution in [0.25, 0.3) is 22.2 Å². The number of H-pyrrole nitrogens is 1. The summed E-state index contributed by atoms with van der Waals surface area (Å²) >= 11 is 0. The SMILES string of the molecule is C=C(c1c(C)c(C(=O)NCc2c(OC)cc(C)[nH]c2=O)cc2c(-c3ccnc(N(C)C)c3)ccn12)C1CNCCO1. The molecule has 5 rings (SSSR count). The number of hydrogen-bond donors (Lipinski definition) is 3. The van der Waals surface area contributed by atoms with Gasteiger partial charge in [-0.1, -0.05) is 6.58 Å². The van der Waals surface area contributed by atoms with Crippen LogP contribution in [-0.2, 0) is 11.3 Å². The Balaban J connectivity index is 1.61. The Morgan fingerprint density at radius 1 is 1.27 bits per heavy atom. The summed E-state index contributed by atoms with van der Waals surface area (Å²) in [5.41, 5.74) is 6.38. The first-order chi connectivity index (χ1) is 19.7. The fraction of sp³-hybridized carbons (Fsp3) is 0.323. The largest absolute Gasteiger partial charge is 0.496 e. The molecule has 4 aromatic heterocycles. The Kier molecular flexibility index (Phi) is 7.96. The fourth-order valence-corrected chi connectivity index (χ4v) is 5.29. The zero-order valence-electron chi connectivity index (χ0n) is 24.1. The van der Waals surface area contributed by atoms with Crippen LogP contribution in [0.1, 0.15) is 32.9 Å². The van der Waals surface area contributed by atoms with E-state index in [1.807, 2.05) is 56.4 Å². The number of aromatic amines is 1. The average Bonchev–Trinajstić information content (AvgIpc) is 3.39. The number of ether oxygens (including phenoxy) is 2. The van der Waals surface area contributed by atoms with E-state index in [1.54, 1.807) is 19.2 Å². The number of rotatable bonds is 8. The first-order valence-corrected chi connectivity index (χ1v) is 13.5. The minimum atomic E-state index is -0.306. The quantitative estimate of drug-likeness (QED) is 0.305. The number of amides is 1. The predicted molar refractivity (Wildman–Crippen MR) is 161 cm³/mol. The van der Waals surface area contributed by atoms with Gasteiger partial charge in [-0.15, -0.1) is 0 Å². The molecule has 1 saturated heterocycles.